The molecule has 1 aromatic carbocycles. The molecule has 1 aliphatic heterocycles. The third kappa shape index (κ3) is 1.61. The van der Waals surface area contributed by atoms with Crippen molar-refractivity contribution in [2.24, 2.45) is 0 Å². The van der Waals surface area contributed by atoms with Gasteiger partial charge in [0.05, 0.1) is 7.11 Å². The Morgan fingerprint density at radius 2 is 1.93 bits per heavy atom. The van der Waals surface area contributed by atoms with Gasteiger partial charge < -0.3 is 4.74 Å². The van der Waals surface area contributed by atoms with Crippen molar-refractivity contribution in [3.63, 3.8) is 0 Å². The van der Waals surface area contributed by atoms with E-state index in [9.17, 15) is 0 Å². The third-order valence-electron chi connectivity index (χ3n) is 2.68. The maximum atomic E-state index is 5.20. The molecule has 3 heteroatoms. The van der Waals surface area contributed by atoms with Gasteiger partial charge in [-0.1, -0.05) is 6.07 Å². The van der Waals surface area contributed by atoms with Gasteiger partial charge in [-0.3, -0.25) is 0 Å². The van der Waals surface area contributed by atoms with Crippen molar-refractivity contribution in [3.05, 3.63) is 29.3 Å². The first-order chi connectivity index (χ1) is 6.70. The molecule has 0 radical (unpaired) electrons. The van der Waals surface area contributed by atoms with Gasteiger partial charge in [-0.25, -0.2) is 10.0 Å². The average Bonchev–Trinajstić information content (AvgIpc) is 2.59. The van der Waals surface area contributed by atoms with Gasteiger partial charge in [0.25, 0.3) is 0 Å². The molecule has 14 heavy (non-hydrogen) atoms. The molecule has 1 heterocycles. The lowest BCUT2D eigenvalue weighted by Gasteiger charge is -2.22. The van der Waals surface area contributed by atoms with Crippen LogP contribution in [0.15, 0.2) is 18.2 Å². The molecule has 0 aliphatic carbocycles. The van der Waals surface area contributed by atoms with Crippen LogP contribution in [0.5, 0.6) is 5.75 Å². The maximum absolute atomic E-state index is 5.20. The fourth-order valence-corrected chi connectivity index (χ4v) is 1.76. The van der Waals surface area contributed by atoms with E-state index in [2.05, 4.69) is 36.2 Å². The molecule has 0 saturated heterocycles. The highest BCUT2D eigenvalue weighted by molar-refractivity contribution is 5.37. The summed E-state index contributed by atoms with van der Waals surface area (Å²) in [4.78, 5) is 0. The van der Waals surface area contributed by atoms with Crippen molar-refractivity contribution in [1.82, 2.24) is 10.0 Å². The lowest BCUT2D eigenvalue weighted by molar-refractivity contribution is 0.0210. The molecule has 0 fully saturated rings. The Kier molecular flexibility index (Phi) is 2.44. The lowest BCUT2D eigenvalue weighted by Crippen LogP contribution is -2.31. The Bertz CT molecular complexity index is 336. The Morgan fingerprint density at radius 1 is 1.21 bits per heavy atom. The molecule has 1 aliphatic rings. The number of hydrogen-bond donors (Lipinski definition) is 0. The van der Waals surface area contributed by atoms with Crippen molar-refractivity contribution in [2.45, 2.75) is 13.1 Å². The van der Waals surface area contributed by atoms with Crippen LogP contribution in [0, 0.1) is 0 Å². The largest absolute Gasteiger partial charge is 0.497 e. The molecule has 0 atom stereocenters. The van der Waals surface area contributed by atoms with Crippen molar-refractivity contribution in [3.8, 4) is 5.75 Å². The summed E-state index contributed by atoms with van der Waals surface area (Å²) in [5.74, 6) is 0.948. The van der Waals surface area contributed by atoms with Gasteiger partial charge in [-0.2, -0.15) is 0 Å². The van der Waals surface area contributed by atoms with E-state index in [4.69, 9.17) is 4.74 Å². The van der Waals surface area contributed by atoms with E-state index in [0.29, 0.717) is 0 Å². The second kappa shape index (κ2) is 3.59. The van der Waals surface area contributed by atoms with Gasteiger partial charge in [0.15, 0.2) is 0 Å². The van der Waals surface area contributed by atoms with Crippen LogP contribution >= 0.6 is 0 Å². The Labute approximate surface area is 84.9 Å². The minimum Gasteiger partial charge on any atom is -0.497 e. The maximum Gasteiger partial charge on any atom is 0.119 e. The van der Waals surface area contributed by atoms with E-state index >= 15 is 0 Å². The summed E-state index contributed by atoms with van der Waals surface area (Å²) in [6, 6.07) is 6.30. The molecular weight excluding hydrogens is 176 g/mol. The SMILES string of the molecule is COc1ccc2c(c1)CN(N(C)C)C2. The van der Waals surface area contributed by atoms with E-state index < -0.39 is 0 Å². The fraction of sp³-hybridized carbons (Fsp3) is 0.455. The molecule has 0 spiro atoms. The summed E-state index contributed by atoms with van der Waals surface area (Å²) in [7, 11) is 5.85. The number of rotatable bonds is 2. The van der Waals surface area contributed by atoms with Crippen LogP contribution in [0.2, 0.25) is 0 Å². The zero-order chi connectivity index (χ0) is 10.1. The molecule has 76 valence electrons. The number of hydrazine groups is 1. The van der Waals surface area contributed by atoms with Gasteiger partial charge in [0.1, 0.15) is 5.75 Å². The van der Waals surface area contributed by atoms with Crippen molar-refractivity contribution in [2.75, 3.05) is 21.2 Å². The van der Waals surface area contributed by atoms with Gasteiger partial charge in [0.2, 0.25) is 0 Å². The first kappa shape index (κ1) is 9.49. The molecule has 0 unspecified atom stereocenters. The summed E-state index contributed by atoms with van der Waals surface area (Å²) in [5, 5.41) is 4.43. The van der Waals surface area contributed by atoms with Crippen molar-refractivity contribution < 1.29 is 4.74 Å². The van der Waals surface area contributed by atoms with Gasteiger partial charge in [-0.15, -0.1) is 0 Å². The number of nitrogens with zero attached hydrogens (tertiary/aromatic N) is 2. The van der Waals surface area contributed by atoms with E-state index in [-0.39, 0.29) is 0 Å². The second-order valence-electron chi connectivity index (χ2n) is 3.80. The second-order valence-corrected chi connectivity index (χ2v) is 3.80. The summed E-state index contributed by atoms with van der Waals surface area (Å²) in [6.07, 6.45) is 0. The van der Waals surface area contributed by atoms with E-state index in [0.717, 1.165) is 18.8 Å². The predicted molar refractivity (Wildman–Crippen MR) is 55.9 cm³/mol. The van der Waals surface area contributed by atoms with Crippen LogP contribution in [-0.2, 0) is 13.1 Å². The highest BCUT2D eigenvalue weighted by Crippen LogP contribution is 2.26. The van der Waals surface area contributed by atoms with E-state index in [1.165, 1.54) is 11.1 Å². The molecular formula is C11H16N2O. The minimum atomic E-state index is 0.948. The van der Waals surface area contributed by atoms with Crippen molar-refractivity contribution >= 4 is 0 Å². The first-order valence-electron chi connectivity index (χ1n) is 4.78. The summed E-state index contributed by atoms with van der Waals surface area (Å²) in [6.45, 7) is 1.99. The normalized spacial score (nSPS) is 16.0. The monoisotopic (exact) mass is 192 g/mol. The van der Waals surface area contributed by atoms with Crippen LogP contribution in [0.4, 0.5) is 0 Å². The average molecular weight is 192 g/mol. The topological polar surface area (TPSA) is 15.7 Å². The summed E-state index contributed by atoms with van der Waals surface area (Å²) >= 11 is 0. The van der Waals surface area contributed by atoms with Gasteiger partial charge >= 0.3 is 0 Å². The molecule has 0 aromatic heterocycles. The van der Waals surface area contributed by atoms with Gasteiger partial charge in [-0.05, 0) is 23.3 Å². The number of ether oxygens (including phenoxy) is 1. The highest BCUT2D eigenvalue weighted by atomic mass is 16.5. The number of methoxy groups -OCH3 is 1. The Balaban J connectivity index is 2.22. The molecule has 0 amide bonds. The number of fused-ring (bicyclic) bond motifs is 1. The molecule has 0 N–H and O–H groups in total. The van der Waals surface area contributed by atoms with Crippen LogP contribution in [0.1, 0.15) is 11.1 Å². The van der Waals surface area contributed by atoms with E-state index in [1.54, 1.807) is 7.11 Å². The Morgan fingerprint density at radius 3 is 2.57 bits per heavy atom. The number of hydrogen-bond acceptors (Lipinski definition) is 3. The Hall–Kier alpha value is -1.06. The lowest BCUT2D eigenvalue weighted by atomic mass is 10.1. The minimum absolute atomic E-state index is 0.948. The zero-order valence-corrected chi connectivity index (χ0v) is 8.95. The van der Waals surface area contributed by atoms with Crippen LogP contribution in [0.25, 0.3) is 0 Å². The van der Waals surface area contributed by atoms with Gasteiger partial charge in [0, 0.05) is 27.2 Å². The summed E-state index contributed by atoms with van der Waals surface area (Å²) in [5.41, 5.74) is 2.78. The van der Waals surface area contributed by atoms with Crippen LogP contribution in [-0.4, -0.2) is 31.2 Å². The van der Waals surface area contributed by atoms with Crippen molar-refractivity contribution in [1.29, 1.82) is 0 Å². The molecule has 1 aromatic rings. The zero-order valence-electron chi connectivity index (χ0n) is 8.95. The molecule has 0 saturated carbocycles. The first-order valence-corrected chi connectivity index (χ1v) is 4.78. The van der Waals surface area contributed by atoms with Crippen LogP contribution < -0.4 is 4.74 Å². The molecule has 0 bridgehead atoms. The van der Waals surface area contributed by atoms with E-state index in [1.807, 2.05) is 6.07 Å². The number of benzene rings is 1. The summed E-state index contributed by atoms with van der Waals surface area (Å²) < 4.78 is 5.20. The fourth-order valence-electron chi connectivity index (χ4n) is 1.76. The smallest absolute Gasteiger partial charge is 0.119 e. The predicted octanol–water partition coefficient (Wildman–Crippen LogP) is 1.49. The van der Waals surface area contributed by atoms with Crippen LogP contribution in [0.3, 0.4) is 0 Å². The highest BCUT2D eigenvalue weighted by Gasteiger charge is 2.20. The standard InChI is InChI=1S/C11H16N2O/c1-12(2)13-7-9-4-5-11(14-3)6-10(9)8-13/h4-6H,7-8H2,1-3H3. The third-order valence-corrected chi connectivity index (χ3v) is 2.68. The molecule has 2 rings (SSSR count). The quantitative estimate of drug-likeness (QED) is 0.706. The molecule has 3 nitrogen and oxygen atoms in total.